The molecule has 1 aliphatic rings. The maximum atomic E-state index is 12.5. The normalized spacial score (nSPS) is 26.7. The van der Waals surface area contributed by atoms with E-state index in [0.29, 0.717) is 0 Å². The van der Waals surface area contributed by atoms with Gasteiger partial charge in [-0.15, -0.1) is 6.58 Å². The molecule has 2 rings (SSSR count). The number of benzene rings is 1. The first-order valence-electron chi connectivity index (χ1n) is 6.80. The zero-order chi connectivity index (χ0) is 14.8. The SMILES string of the molecule is C=CCCC1(C)CCC(c2ccc(C(F)(F)F)cc2)O1. The zero-order valence-electron chi connectivity index (χ0n) is 11.5. The van der Waals surface area contributed by atoms with Crippen LogP contribution in [0.15, 0.2) is 36.9 Å². The van der Waals surface area contributed by atoms with E-state index in [2.05, 4.69) is 13.5 Å². The lowest BCUT2D eigenvalue weighted by Crippen LogP contribution is -2.22. The number of ether oxygens (including phenoxy) is 1. The highest BCUT2D eigenvalue weighted by molar-refractivity contribution is 5.26. The van der Waals surface area contributed by atoms with Gasteiger partial charge in [-0.1, -0.05) is 18.2 Å². The molecule has 0 aliphatic carbocycles. The Morgan fingerprint density at radius 1 is 1.35 bits per heavy atom. The van der Waals surface area contributed by atoms with Crippen LogP contribution in [0.3, 0.4) is 0 Å². The van der Waals surface area contributed by atoms with Crippen LogP contribution in [0.5, 0.6) is 0 Å². The third-order valence-electron chi connectivity index (χ3n) is 3.85. The van der Waals surface area contributed by atoms with Gasteiger partial charge in [0.05, 0.1) is 17.3 Å². The Morgan fingerprint density at radius 2 is 2.00 bits per heavy atom. The number of hydrogen-bond acceptors (Lipinski definition) is 1. The molecule has 20 heavy (non-hydrogen) atoms. The first kappa shape index (κ1) is 15.1. The van der Waals surface area contributed by atoms with Gasteiger partial charge >= 0.3 is 6.18 Å². The van der Waals surface area contributed by atoms with Gasteiger partial charge < -0.3 is 4.74 Å². The summed E-state index contributed by atoms with van der Waals surface area (Å²) in [4.78, 5) is 0. The molecule has 1 fully saturated rings. The molecule has 1 saturated heterocycles. The predicted octanol–water partition coefficient (Wildman–Crippen LogP) is 5.28. The Labute approximate surface area is 117 Å². The number of halogens is 3. The lowest BCUT2D eigenvalue weighted by Gasteiger charge is -2.24. The van der Waals surface area contributed by atoms with Gasteiger partial charge in [-0.05, 0) is 50.3 Å². The molecular formula is C16H19F3O. The molecule has 0 aromatic heterocycles. The summed E-state index contributed by atoms with van der Waals surface area (Å²) in [5, 5.41) is 0. The van der Waals surface area contributed by atoms with Gasteiger partial charge in [-0.3, -0.25) is 0 Å². The third kappa shape index (κ3) is 3.42. The van der Waals surface area contributed by atoms with Crippen molar-refractivity contribution in [2.75, 3.05) is 0 Å². The van der Waals surface area contributed by atoms with Gasteiger partial charge in [0.1, 0.15) is 0 Å². The summed E-state index contributed by atoms with van der Waals surface area (Å²) in [5.41, 5.74) is 0.00987. The molecule has 0 amide bonds. The number of allylic oxidation sites excluding steroid dienone is 1. The van der Waals surface area contributed by atoms with Crippen LogP contribution in [0, 0.1) is 0 Å². The molecule has 0 saturated carbocycles. The fourth-order valence-electron chi connectivity index (χ4n) is 2.61. The van der Waals surface area contributed by atoms with Gasteiger partial charge in [0.15, 0.2) is 0 Å². The summed E-state index contributed by atoms with van der Waals surface area (Å²) >= 11 is 0. The second kappa shape index (κ2) is 5.60. The lowest BCUT2D eigenvalue weighted by atomic mass is 9.95. The number of alkyl halides is 3. The van der Waals surface area contributed by atoms with Crippen LogP contribution in [0.25, 0.3) is 0 Å². The topological polar surface area (TPSA) is 9.23 Å². The maximum Gasteiger partial charge on any atom is 0.416 e. The monoisotopic (exact) mass is 284 g/mol. The van der Waals surface area contributed by atoms with E-state index < -0.39 is 11.7 Å². The first-order chi connectivity index (χ1) is 9.34. The molecular weight excluding hydrogens is 265 g/mol. The summed E-state index contributed by atoms with van der Waals surface area (Å²) in [6.45, 7) is 5.76. The summed E-state index contributed by atoms with van der Waals surface area (Å²) in [6.07, 6.45) is 1.02. The Morgan fingerprint density at radius 3 is 2.55 bits per heavy atom. The highest BCUT2D eigenvalue weighted by atomic mass is 19.4. The molecule has 0 radical (unpaired) electrons. The van der Waals surface area contributed by atoms with Crippen molar-refractivity contribution in [1.29, 1.82) is 0 Å². The molecule has 1 nitrogen and oxygen atoms in total. The van der Waals surface area contributed by atoms with E-state index in [1.54, 1.807) is 0 Å². The van der Waals surface area contributed by atoms with Crippen molar-refractivity contribution in [2.24, 2.45) is 0 Å². The molecule has 1 aliphatic heterocycles. The Hall–Kier alpha value is -1.29. The fraction of sp³-hybridized carbons (Fsp3) is 0.500. The minimum Gasteiger partial charge on any atom is -0.367 e. The van der Waals surface area contributed by atoms with Crippen molar-refractivity contribution < 1.29 is 17.9 Å². The van der Waals surface area contributed by atoms with Gasteiger partial charge in [0, 0.05) is 0 Å². The molecule has 2 atom stereocenters. The van der Waals surface area contributed by atoms with Crippen LogP contribution in [0.2, 0.25) is 0 Å². The molecule has 110 valence electrons. The van der Waals surface area contributed by atoms with Crippen LogP contribution >= 0.6 is 0 Å². The molecule has 4 heteroatoms. The molecule has 0 spiro atoms. The summed E-state index contributed by atoms with van der Waals surface area (Å²) in [7, 11) is 0. The van der Waals surface area contributed by atoms with E-state index in [1.165, 1.54) is 12.1 Å². The lowest BCUT2D eigenvalue weighted by molar-refractivity contribution is -0.137. The number of hydrogen-bond donors (Lipinski definition) is 0. The van der Waals surface area contributed by atoms with Gasteiger partial charge in [-0.25, -0.2) is 0 Å². The van der Waals surface area contributed by atoms with E-state index in [4.69, 9.17) is 4.74 Å². The summed E-state index contributed by atoms with van der Waals surface area (Å²) < 4.78 is 43.6. The van der Waals surface area contributed by atoms with Gasteiger partial charge in [0.2, 0.25) is 0 Å². The summed E-state index contributed by atoms with van der Waals surface area (Å²) in [6, 6.07) is 5.29. The third-order valence-corrected chi connectivity index (χ3v) is 3.85. The van der Waals surface area contributed by atoms with E-state index in [1.807, 2.05) is 6.08 Å². The Kier molecular flexibility index (Phi) is 4.23. The van der Waals surface area contributed by atoms with Gasteiger partial charge in [0.25, 0.3) is 0 Å². The average Bonchev–Trinajstić information content (AvgIpc) is 2.79. The highest BCUT2D eigenvalue weighted by Gasteiger charge is 2.36. The largest absolute Gasteiger partial charge is 0.416 e. The summed E-state index contributed by atoms with van der Waals surface area (Å²) in [5.74, 6) is 0. The molecule has 0 bridgehead atoms. The smallest absolute Gasteiger partial charge is 0.367 e. The second-order valence-electron chi connectivity index (χ2n) is 5.54. The van der Waals surface area contributed by atoms with Crippen molar-refractivity contribution in [1.82, 2.24) is 0 Å². The van der Waals surface area contributed by atoms with E-state index in [0.717, 1.165) is 43.4 Å². The maximum absolute atomic E-state index is 12.5. The predicted molar refractivity (Wildman–Crippen MR) is 72.3 cm³/mol. The van der Waals surface area contributed by atoms with Crippen molar-refractivity contribution in [3.8, 4) is 0 Å². The fourth-order valence-corrected chi connectivity index (χ4v) is 2.61. The molecule has 1 heterocycles. The number of rotatable bonds is 4. The molecule has 0 N–H and O–H groups in total. The minimum atomic E-state index is -4.28. The van der Waals surface area contributed by atoms with Crippen LogP contribution in [0.1, 0.15) is 49.8 Å². The molecule has 2 unspecified atom stereocenters. The first-order valence-corrected chi connectivity index (χ1v) is 6.80. The van der Waals surface area contributed by atoms with Crippen molar-refractivity contribution in [3.05, 3.63) is 48.0 Å². The molecule has 1 aromatic carbocycles. The minimum absolute atomic E-state index is 0.105. The van der Waals surface area contributed by atoms with Crippen LogP contribution in [-0.4, -0.2) is 5.60 Å². The van der Waals surface area contributed by atoms with Crippen LogP contribution in [-0.2, 0) is 10.9 Å². The van der Waals surface area contributed by atoms with Crippen molar-refractivity contribution in [3.63, 3.8) is 0 Å². The van der Waals surface area contributed by atoms with E-state index >= 15 is 0 Å². The second-order valence-corrected chi connectivity index (χ2v) is 5.54. The Balaban J connectivity index is 2.05. The highest BCUT2D eigenvalue weighted by Crippen LogP contribution is 2.42. The van der Waals surface area contributed by atoms with E-state index in [9.17, 15) is 13.2 Å². The standard InChI is InChI=1S/C16H19F3O/c1-3-4-10-15(2)11-9-14(20-15)12-5-7-13(8-6-12)16(17,18)19/h3,5-8,14H,1,4,9-11H2,2H3. The molecule has 1 aromatic rings. The van der Waals surface area contributed by atoms with Crippen molar-refractivity contribution in [2.45, 2.75) is 50.5 Å². The van der Waals surface area contributed by atoms with Gasteiger partial charge in [-0.2, -0.15) is 13.2 Å². The van der Waals surface area contributed by atoms with E-state index in [-0.39, 0.29) is 11.7 Å². The van der Waals surface area contributed by atoms with Crippen molar-refractivity contribution >= 4 is 0 Å². The quantitative estimate of drug-likeness (QED) is 0.683. The zero-order valence-corrected chi connectivity index (χ0v) is 11.5. The average molecular weight is 284 g/mol. The Bertz CT molecular complexity index is 464. The van der Waals surface area contributed by atoms with Crippen LogP contribution < -0.4 is 0 Å². The van der Waals surface area contributed by atoms with Crippen LogP contribution in [0.4, 0.5) is 13.2 Å².